The van der Waals surface area contributed by atoms with E-state index in [1.54, 1.807) is 0 Å². The van der Waals surface area contributed by atoms with Crippen LogP contribution in [0.3, 0.4) is 0 Å². The molecule has 1 aliphatic rings. The lowest BCUT2D eigenvalue weighted by Gasteiger charge is -2.39. The topological polar surface area (TPSA) is 97.4 Å². The van der Waals surface area contributed by atoms with Crippen molar-refractivity contribution in [2.24, 2.45) is 0 Å². The maximum absolute atomic E-state index is 11.4. The Morgan fingerprint density at radius 1 is 1.00 bits per heavy atom. The Morgan fingerprint density at radius 2 is 1.68 bits per heavy atom. The smallest absolute Gasteiger partial charge is 0.303 e. The van der Waals surface area contributed by atoms with E-state index < -0.39 is 42.5 Å². The molecule has 8 heteroatoms. The molecule has 0 saturated carbocycles. The standard InChI is InChI=1S/C17H28O8/c1-5-6-7-8-21-16-9-14(23-12(3)19)17(24-13(4)20)15(25-16)10-22-11(2)18/h14-17H,5-10H2,1-4H3. The summed E-state index contributed by atoms with van der Waals surface area (Å²) in [5.41, 5.74) is 0. The van der Waals surface area contributed by atoms with E-state index in [9.17, 15) is 14.4 Å². The van der Waals surface area contributed by atoms with Gasteiger partial charge in [-0.25, -0.2) is 0 Å². The minimum Gasteiger partial charge on any atom is -0.463 e. The van der Waals surface area contributed by atoms with Crippen LogP contribution in [0.5, 0.6) is 0 Å². The van der Waals surface area contributed by atoms with Gasteiger partial charge in [-0.1, -0.05) is 19.8 Å². The second-order valence-electron chi connectivity index (χ2n) is 5.94. The van der Waals surface area contributed by atoms with E-state index in [1.165, 1.54) is 20.8 Å². The summed E-state index contributed by atoms with van der Waals surface area (Å²) in [6, 6.07) is 0. The minimum absolute atomic E-state index is 0.125. The van der Waals surface area contributed by atoms with Gasteiger partial charge in [0.25, 0.3) is 0 Å². The van der Waals surface area contributed by atoms with Crippen molar-refractivity contribution in [2.75, 3.05) is 13.2 Å². The molecule has 0 aromatic rings. The molecule has 0 aromatic carbocycles. The molecule has 0 N–H and O–H groups in total. The maximum atomic E-state index is 11.4. The highest BCUT2D eigenvalue weighted by Gasteiger charge is 2.44. The average Bonchev–Trinajstić information content (AvgIpc) is 2.51. The van der Waals surface area contributed by atoms with Crippen LogP contribution < -0.4 is 0 Å². The van der Waals surface area contributed by atoms with Crippen molar-refractivity contribution < 1.29 is 38.1 Å². The summed E-state index contributed by atoms with van der Waals surface area (Å²) in [5.74, 6) is -1.53. The second kappa shape index (κ2) is 11.0. The van der Waals surface area contributed by atoms with Crippen LogP contribution in [-0.4, -0.2) is 55.7 Å². The van der Waals surface area contributed by atoms with Crippen LogP contribution in [0.4, 0.5) is 0 Å². The third kappa shape index (κ3) is 8.31. The summed E-state index contributed by atoms with van der Waals surface area (Å²) in [7, 11) is 0. The third-order valence-corrected chi connectivity index (χ3v) is 3.61. The Kier molecular flexibility index (Phi) is 9.44. The van der Waals surface area contributed by atoms with Gasteiger partial charge in [-0.2, -0.15) is 0 Å². The molecule has 0 bridgehead atoms. The molecule has 0 amide bonds. The SMILES string of the molecule is CCCCCOC1CC(OC(C)=O)C(OC(C)=O)C(COC(C)=O)O1. The Balaban J connectivity index is 2.80. The zero-order chi connectivity index (χ0) is 18.8. The second-order valence-corrected chi connectivity index (χ2v) is 5.94. The molecular weight excluding hydrogens is 332 g/mol. The molecule has 4 atom stereocenters. The van der Waals surface area contributed by atoms with Gasteiger partial charge < -0.3 is 23.7 Å². The molecule has 1 heterocycles. The molecular formula is C17H28O8. The van der Waals surface area contributed by atoms with E-state index in [0.29, 0.717) is 6.61 Å². The highest BCUT2D eigenvalue weighted by molar-refractivity contribution is 5.67. The van der Waals surface area contributed by atoms with Crippen LogP contribution in [-0.2, 0) is 38.1 Å². The summed E-state index contributed by atoms with van der Waals surface area (Å²) in [6.45, 7) is 6.27. The van der Waals surface area contributed by atoms with Crippen LogP contribution in [0.2, 0.25) is 0 Å². The minimum atomic E-state index is -0.865. The number of carbonyl (C=O) groups is 3. The van der Waals surface area contributed by atoms with Crippen LogP contribution in [0.15, 0.2) is 0 Å². The van der Waals surface area contributed by atoms with Crippen LogP contribution in [0, 0.1) is 0 Å². The first kappa shape index (κ1) is 21.4. The van der Waals surface area contributed by atoms with Crippen LogP contribution >= 0.6 is 0 Å². The van der Waals surface area contributed by atoms with E-state index in [0.717, 1.165) is 19.3 Å². The van der Waals surface area contributed by atoms with Crippen molar-refractivity contribution in [1.82, 2.24) is 0 Å². The predicted molar refractivity (Wildman–Crippen MR) is 86.5 cm³/mol. The Labute approximate surface area is 148 Å². The molecule has 0 aromatic heterocycles. The van der Waals surface area contributed by atoms with Gasteiger partial charge in [0.05, 0.1) is 0 Å². The summed E-state index contributed by atoms with van der Waals surface area (Å²) in [4.78, 5) is 33.9. The predicted octanol–water partition coefficient (Wildman–Crippen LogP) is 1.73. The van der Waals surface area contributed by atoms with Crippen molar-refractivity contribution in [3.8, 4) is 0 Å². The fourth-order valence-corrected chi connectivity index (χ4v) is 2.57. The first-order valence-electron chi connectivity index (χ1n) is 8.58. The quantitative estimate of drug-likeness (QED) is 0.348. The average molecular weight is 360 g/mol. The van der Waals surface area contributed by atoms with Gasteiger partial charge >= 0.3 is 17.9 Å². The highest BCUT2D eigenvalue weighted by Crippen LogP contribution is 2.27. The Hall–Kier alpha value is -1.67. The van der Waals surface area contributed by atoms with E-state index >= 15 is 0 Å². The summed E-state index contributed by atoms with van der Waals surface area (Å²) in [5, 5.41) is 0. The van der Waals surface area contributed by atoms with Crippen molar-refractivity contribution in [3.05, 3.63) is 0 Å². The van der Waals surface area contributed by atoms with Crippen molar-refractivity contribution in [2.45, 2.75) is 78.0 Å². The number of ether oxygens (including phenoxy) is 5. The van der Waals surface area contributed by atoms with Gasteiger partial charge in [0, 0.05) is 33.8 Å². The van der Waals surface area contributed by atoms with Gasteiger partial charge in [0.15, 0.2) is 12.4 Å². The van der Waals surface area contributed by atoms with Gasteiger partial charge in [-0.05, 0) is 6.42 Å². The lowest BCUT2D eigenvalue weighted by molar-refractivity contribution is -0.266. The Bertz CT molecular complexity index is 450. The summed E-state index contributed by atoms with van der Waals surface area (Å²) < 4.78 is 27.0. The zero-order valence-corrected chi connectivity index (χ0v) is 15.3. The number of carbonyl (C=O) groups excluding carboxylic acids is 3. The van der Waals surface area contributed by atoms with E-state index in [1.807, 2.05) is 0 Å². The lowest BCUT2D eigenvalue weighted by atomic mass is 10.0. The third-order valence-electron chi connectivity index (χ3n) is 3.61. The molecule has 144 valence electrons. The van der Waals surface area contributed by atoms with E-state index in [4.69, 9.17) is 23.7 Å². The van der Waals surface area contributed by atoms with Gasteiger partial charge in [-0.3, -0.25) is 14.4 Å². The monoisotopic (exact) mass is 360 g/mol. The first-order chi connectivity index (χ1) is 11.8. The molecule has 1 fully saturated rings. The molecule has 1 saturated heterocycles. The van der Waals surface area contributed by atoms with Gasteiger partial charge in [0.1, 0.15) is 18.8 Å². The summed E-state index contributed by atoms with van der Waals surface area (Å²) >= 11 is 0. The van der Waals surface area contributed by atoms with Gasteiger partial charge in [0.2, 0.25) is 0 Å². The molecule has 1 rings (SSSR count). The fraction of sp³-hybridized carbons (Fsp3) is 0.824. The number of esters is 3. The molecule has 0 aliphatic carbocycles. The molecule has 25 heavy (non-hydrogen) atoms. The largest absolute Gasteiger partial charge is 0.463 e. The van der Waals surface area contributed by atoms with Gasteiger partial charge in [-0.15, -0.1) is 0 Å². The fourth-order valence-electron chi connectivity index (χ4n) is 2.57. The molecule has 8 nitrogen and oxygen atoms in total. The molecule has 1 aliphatic heterocycles. The number of rotatable bonds is 9. The van der Waals surface area contributed by atoms with E-state index in [2.05, 4.69) is 6.92 Å². The zero-order valence-electron chi connectivity index (χ0n) is 15.3. The number of hydrogen-bond donors (Lipinski definition) is 0. The molecule has 0 spiro atoms. The number of unbranched alkanes of at least 4 members (excludes halogenated alkanes) is 2. The Morgan fingerprint density at radius 3 is 2.24 bits per heavy atom. The van der Waals surface area contributed by atoms with Crippen molar-refractivity contribution >= 4 is 17.9 Å². The van der Waals surface area contributed by atoms with Crippen molar-refractivity contribution in [3.63, 3.8) is 0 Å². The first-order valence-corrected chi connectivity index (χ1v) is 8.58. The summed E-state index contributed by atoms with van der Waals surface area (Å²) in [6.07, 6.45) is 0.220. The normalized spacial score (nSPS) is 25.9. The lowest BCUT2D eigenvalue weighted by Crippen LogP contribution is -2.54. The molecule has 0 radical (unpaired) electrons. The number of hydrogen-bond acceptors (Lipinski definition) is 8. The highest BCUT2D eigenvalue weighted by atomic mass is 16.7. The van der Waals surface area contributed by atoms with Crippen LogP contribution in [0.25, 0.3) is 0 Å². The van der Waals surface area contributed by atoms with E-state index in [-0.39, 0.29) is 13.0 Å². The molecule has 4 unspecified atom stereocenters. The van der Waals surface area contributed by atoms with Crippen molar-refractivity contribution in [1.29, 1.82) is 0 Å². The van der Waals surface area contributed by atoms with Crippen LogP contribution in [0.1, 0.15) is 53.4 Å². The maximum Gasteiger partial charge on any atom is 0.303 e.